The molecule has 0 aliphatic rings. The van der Waals surface area contributed by atoms with Crippen molar-refractivity contribution in [3.05, 3.63) is 34.9 Å². The summed E-state index contributed by atoms with van der Waals surface area (Å²) >= 11 is 0. The van der Waals surface area contributed by atoms with E-state index >= 15 is 0 Å². The highest BCUT2D eigenvalue weighted by atomic mass is 16.1. The van der Waals surface area contributed by atoms with Crippen LogP contribution in [0.2, 0.25) is 0 Å². The number of hydrogen-bond donors (Lipinski definition) is 2. The molecule has 0 saturated heterocycles. The Morgan fingerprint density at radius 3 is 2.76 bits per heavy atom. The fraction of sp³-hybridized carbons (Fsp3) is 0.533. The zero-order chi connectivity index (χ0) is 15.4. The number of rotatable bonds is 6. The number of nitrogens with zero attached hydrogens (tertiary/aromatic N) is 3. The molecule has 0 fully saturated rings. The van der Waals surface area contributed by atoms with Crippen molar-refractivity contribution in [1.82, 2.24) is 25.3 Å². The van der Waals surface area contributed by atoms with Gasteiger partial charge in [-0.2, -0.15) is 10.2 Å². The van der Waals surface area contributed by atoms with Gasteiger partial charge in [0.1, 0.15) is 5.69 Å². The SMILES string of the molecule is CCc1cc(C(=O)NCC(C)Cn2nc(C)cc2C)n[nH]1. The molecule has 2 aromatic heterocycles. The molecule has 6 heteroatoms. The van der Waals surface area contributed by atoms with Crippen LogP contribution in [-0.2, 0) is 13.0 Å². The van der Waals surface area contributed by atoms with Crippen LogP contribution in [0, 0.1) is 19.8 Å². The lowest BCUT2D eigenvalue weighted by molar-refractivity contribution is 0.0941. The first-order valence-corrected chi connectivity index (χ1v) is 7.33. The van der Waals surface area contributed by atoms with Crippen molar-refractivity contribution in [2.45, 2.75) is 40.7 Å². The molecule has 1 unspecified atom stereocenters. The number of aryl methyl sites for hydroxylation is 3. The van der Waals surface area contributed by atoms with Crippen molar-refractivity contribution in [2.75, 3.05) is 6.54 Å². The fourth-order valence-corrected chi connectivity index (χ4v) is 2.24. The second kappa shape index (κ2) is 6.56. The van der Waals surface area contributed by atoms with E-state index in [9.17, 15) is 4.79 Å². The summed E-state index contributed by atoms with van der Waals surface area (Å²) in [5.41, 5.74) is 3.58. The molecule has 1 atom stereocenters. The molecule has 0 aliphatic carbocycles. The van der Waals surface area contributed by atoms with E-state index in [0.717, 1.165) is 30.0 Å². The Morgan fingerprint density at radius 1 is 1.43 bits per heavy atom. The largest absolute Gasteiger partial charge is 0.350 e. The fourth-order valence-electron chi connectivity index (χ4n) is 2.24. The standard InChI is InChI=1S/C15H23N5O/c1-5-13-7-14(18-17-13)15(21)16-8-10(2)9-20-12(4)6-11(3)19-20/h6-7,10H,5,8-9H2,1-4H3,(H,16,21)(H,17,18). The normalized spacial score (nSPS) is 12.4. The molecule has 6 nitrogen and oxygen atoms in total. The van der Waals surface area contributed by atoms with Crippen molar-refractivity contribution in [3.63, 3.8) is 0 Å². The van der Waals surface area contributed by atoms with Crippen LogP contribution in [0.4, 0.5) is 0 Å². The van der Waals surface area contributed by atoms with Gasteiger partial charge in [0.15, 0.2) is 0 Å². The Balaban J connectivity index is 1.84. The molecular weight excluding hydrogens is 266 g/mol. The molecule has 0 radical (unpaired) electrons. The van der Waals surface area contributed by atoms with Crippen LogP contribution < -0.4 is 5.32 Å². The van der Waals surface area contributed by atoms with Crippen molar-refractivity contribution < 1.29 is 4.79 Å². The van der Waals surface area contributed by atoms with Gasteiger partial charge in [0.05, 0.1) is 5.69 Å². The van der Waals surface area contributed by atoms with Crippen LogP contribution in [0.5, 0.6) is 0 Å². The van der Waals surface area contributed by atoms with Crippen LogP contribution in [0.15, 0.2) is 12.1 Å². The molecule has 1 amide bonds. The van der Waals surface area contributed by atoms with E-state index in [1.54, 1.807) is 6.07 Å². The zero-order valence-corrected chi connectivity index (χ0v) is 13.1. The van der Waals surface area contributed by atoms with Gasteiger partial charge in [-0.1, -0.05) is 13.8 Å². The summed E-state index contributed by atoms with van der Waals surface area (Å²) in [4.78, 5) is 12.0. The van der Waals surface area contributed by atoms with E-state index < -0.39 is 0 Å². The summed E-state index contributed by atoms with van der Waals surface area (Å²) in [6.45, 7) is 9.54. The third-order valence-corrected chi connectivity index (χ3v) is 3.44. The molecule has 2 heterocycles. The summed E-state index contributed by atoms with van der Waals surface area (Å²) < 4.78 is 1.98. The Morgan fingerprint density at radius 2 is 2.19 bits per heavy atom. The molecule has 21 heavy (non-hydrogen) atoms. The van der Waals surface area contributed by atoms with Gasteiger partial charge in [0, 0.05) is 24.5 Å². The van der Waals surface area contributed by atoms with Crippen LogP contribution in [0.1, 0.15) is 41.4 Å². The summed E-state index contributed by atoms with van der Waals surface area (Å²) in [5, 5.41) is 14.2. The van der Waals surface area contributed by atoms with Gasteiger partial charge in [-0.15, -0.1) is 0 Å². The van der Waals surface area contributed by atoms with Gasteiger partial charge in [0.25, 0.3) is 5.91 Å². The smallest absolute Gasteiger partial charge is 0.271 e. The second-order valence-electron chi connectivity index (χ2n) is 5.56. The predicted molar refractivity (Wildman–Crippen MR) is 81.2 cm³/mol. The third kappa shape index (κ3) is 3.93. The molecule has 0 spiro atoms. The molecule has 0 saturated carbocycles. The Kier molecular flexibility index (Phi) is 4.77. The predicted octanol–water partition coefficient (Wildman–Crippen LogP) is 1.85. The van der Waals surface area contributed by atoms with E-state index in [2.05, 4.69) is 33.6 Å². The number of amides is 1. The molecule has 2 rings (SSSR count). The maximum absolute atomic E-state index is 12.0. The maximum atomic E-state index is 12.0. The lowest BCUT2D eigenvalue weighted by atomic mass is 10.2. The average Bonchev–Trinajstić information content (AvgIpc) is 3.03. The molecule has 0 aromatic carbocycles. The molecule has 2 N–H and O–H groups in total. The number of aromatic nitrogens is 4. The minimum absolute atomic E-state index is 0.133. The molecule has 0 bridgehead atoms. The monoisotopic (exact) mass is 289 g/mol. The van der Waals surface area contributed by atoms with Crippen LogP contribution in [0.25, 0.3) is 0 Å². The zero-order valence-electron chi connectivity index (χ0n) is 13.1. The quantitative estimate of drug-likeness (QED) is 0.852. The maximum Gasteiger partial charge on any atom is 0.271 e. The first-order valence-electron chi connectivity index (χ1n) is 7.33. The minimum atomic E-state index is -0.133. The third-order valence-electron chi connectivity index (χ3n) is 3.44. The second-order valence-corrected chi connectivity index (χ2v) is 5.56. The van der Waals surface area contributed by atoms with Crippen molar-refractivity contribution in [1.29, 1.82) is 0 Å². The number of hydrogen-bond acceptors (Lipinski definition) is 3. The molecule has 114 valence electrons. The van der Waals surface area contributed by atoms with Crippen molar-refractivity contribution >= 4 is 5.91 Å². The minimum Gasteiger partial charge on any atom is -0.350 e. The highest BCUT2D eigenvalue weighted by Crippen LogP contribution is 2.06. The van der Waals surface area contributed by atoms with Crippen LogP contribution in [0.3, 0.4) is 0 Å². The van der Waals surface area contributed by atoms with Crippen molar-refractivity contribution in [3.8, 4) is 0 Å². The molecule has 0 aliphatic heterocycles. The number of nitrogens with one attached hydrogen (secondary N) is 2. The van der Waals surface area contributed by atoms with Gasteiger partial charge in [-0.05, 0) is 38.3 Å². The summed E-state index contributed by atoms with van der Waals surface area (Å²) in [6.07, 6.45) is 0.842. The van der Waals surface area contributed by atoms with Gasteiger partial charge >= 0.3 is 0 Å². The number of H-pyrrole nitrogens is 1. The number of aromatic amines is 1. The number of carbonyl (C=O) groups excluding carboxylic acids is 1. The van der Waals surface area contributed by atoms with Gasteiger partial charge in [-0.3, -0.25) is 14.6 Å². The highest BCUT2D eigenvalue weighted by Gasteiger charge is 2.12. The first-order chi connectivity index (χ1) is 9.99. The van der Waals surface area contributed by atoms with Crippen LogP contribution in [-0.4, -0.2) is 32.4 Å². The van der Waals surface area contributed by atoms with Gasteiger partial charge in [0.2, 0.25) is 0 Å². The van der Waals surface area contributed by atoms with E-state index in [1.165, 1.54) is 0 Å². The lowest BCUT2D eigenvalue weighted by Gasteiger charge is -2.13. The topological polar surface area (TPSA) is 75.6 Å². The van der Waals surface area contributed by atoms with Crippen LogP contribution >= 0.6 is 0 Å². The highest BCUT2D eigenvalue weighted by molar-refractivity contribution is 5.92. The summed E-state index contributed by atoms with van der Waals surface area (Å²) in [6, 6.07) is 3.85. The van der Waals surface area contributed by atoms with E-state index in [1.807, 2.05) is 25.5 Å². The van der Waals surface area contributed by atoms with E-state index in [4.69, 9.17) is 0 Å². The Hall–Kier alpha value is -2.11. The average molecular weight is 289 g/mol. The van der Waals surface area contributed by atoms with Gasteiger partial charge < -0.3 is 5.32 Å². The summed E-state index contributed by atoms with van der Waals surface area (Å²) in [5.74, 6) is 0.169. The Labute approximate surface area is 124 Å². The molecular formula is C15H23N5O. The summed E-state index contributed by atoms with van der Waals surface area (Å²) in [7, 11) is 0. The number of carbonyl (C=O) groups is 1. The molecule has 2 aromatic rings. The van der Waals surface area contributed by atoms with Crippen molar-refractivity contribution in [2.24, 2.45) is 5.92 Å². The Bertz CT molecular complexity index is 613. The van der Waals surface area contributed by atoms with E-state index in [0.29, 0.717) is 18.2 Å². The van der Waals surface area contributed by atoms with Gasteiger partial charge in [-0.25, -0.2) is 0 Å². The first kappa shape index (κ1) is 15.3. The van der Waals surface area contributed by atoms with E-state index in [-0.39, 0.29) is 5.91 Å². The lowest BCUT2D eigenvalue weighted by Crippen LogP contribution is -2.30.